The van der Waals surface area contributed by atoms with Gasteiger partial charge in [0.15, 0.2) is 0 Å². The van der Waals surface area contributed by atoms with Crippen molar-refractivity contribution >= 4 is 24.0 Å². The molecule has 1 heterocycles. The molecule has 0 spiro atoms. The summed E-state index contributed by atoms with van der Waals surface area (Å²) >= 11 is 5.93. The van der Waals surface area contributed by atoms with E-state index in [2.05, 4.69) is 23.7 Å². The van der Waals surface area contributed by atoms with Gasteiger partial charge in [0.25, 0.3) is 0 Å². The van der Waals surface area contributed by atoms with E-state index in [1.807, 2.05) is 23.7 Å². The number of nitrogens with zero attached hydrogens (tertiary/aromatic N) is 1. The zero-order valence-electron chi connectivity index (χ0n) is 8.18. The molecule has 1 aromatic heterocycles. The summed E-state index contributed by atoms with van der Waals surface area (Å²) in [5.74, 6) is 0.721. The third kappa shape index (κ3) is 2.07. The second-order valence-electron chi connectivity index (χ2n) is 3.14. The minimum Gasteiger partial charge on any atom is -0.326 e. The predicted molar refractivity (Wildman–Crippen MR) is 68.1 cm³/mol. The van der Waals surface area contributed by atoms with Gasteiger partial charge in [-0.2, -0.15) is 12.6 Å². The van der Waals surface area contributed by atoms with Gasteiger partial charge in [-0.05, 0) is 5.56 Å². The maximum absolute atomic E-state index is 5.70. The fourth-order valence-electron chi connectivity index (χ4n) is 1.53. The molecule has 2 rings (SSSR count). The minimum absolute atomic E-state index is 0.541. The molecule has 0 saturated carbocycles. The molecule has 0 amide bonds. The average molecular weight is 236 g/mol. The molecule has 0 atom stereocenters. The molecule has 2 nitrogen and oxygen atoms in total. The van der Waals surface area contributed by atoms with E-state index in [1.165, 1.54) is 4.88 Å². The van der Waals surface area contributed by atoms with E-state index in [9.17, 15) is 0 Å². The Morgan fingerprint density at radius 2 is 2.13 bits per heavy atom. The van der Waals surface area contributed by atoms with Crippen LogP contribution >= 0.6 is 24.0 Å². The van der Waals surface area contributed by atoms with Crippen molar-refractivity contribution in [2.75, 3.05) is 0 Å². The third-order valence-electron chi connectivity index (χ3n) is 2.28. The van der Waals surface area contributed by atoms with Crippen LogP contribution in [0.4, 0.5) is 0 Å². The van der Waals surface area contributed by atoms with E-state index >= 15 is 0 Å². The number of rotatable bonds is 3. The molecule has 0 aliphatic heterocycles. The van der Waals surface area contributed by atoms with Crippen LogP contribution < -0.4 is 5.73 Å². The SMILES string of the molecule is NCc1ccccc1-c1ncsc1CS. The van der Waals surface area contributed by atoms with E-state index in [0.717, 1.165) is 22.6 Å². The summed E-state index contributed by atoms with van der Waals surface area (Å²) in [7, 11) is 0. The van der Waals surface area contributed by atoms with E-state index in [-0.39, 0.29) is 0 Å². The van der Waals surface area contributed by atoms with E-state index < -0.39 is 0 Å². The molecular formula is C11H12N2S2. The zero-order chi connectivity index (χ0) is 10.7. The third-order valence-corrected chi connectivity index (χ3v) is 3.64. The zero-order valence-corrected chi connectivity index (χ0v) is 9.89. The van der Waals surface area contributed by atoms with Crippen LogP contribution in [0.1, 0.15) is 10.4 Å². The highest BCUT2D eigenvalue weighted by Gasteiger charge is 2.10. The summed E-state index contributed by atoms with van der Waals surface area (Å²) in [4.78, 5) is 5.57. The van der Waals surface area contributed by atoms with Crippen molar-refractivity contribution in [1.82, 2.24) is 4.98 Å². The van der Waals surface area contributed by atoms with Crippen molar-refractivity contribution in [3.8, 4) is 11.3 Å². The highest BCUT2D eigenvalue weighted by atomic mass is 32.1. The van der Waals surface area contributed by atoms with Crippen LogP contribution in [0, 0.1) is 0 Å². The highest BCUT2D eigenvalue weighted by molar-refractivity contribution is 7.79. The van der Waals surface area contributed by atoms with Gasteiger partial charge in [0, 0.05) is 22.7 Å². The Hall–Kier alpha value is -0.840. The molecule has 0 fully saturated rings. The summed E-state index contributed by atoms with van der Waals surface area (Å²) in [6.07, 6.45) is 0. The number of hydrogen-bond acceptors (Lipinski definition) is 4. The van der Waals surface area contributed by atoms with E-state index in [1.54, 1.807) is 11.3 Å². The first-order valence-corrected chi connectivity index (χ1v) is 6.19. The Balaban J connectivity index is 2.53. The standard InChI is InChI=1S/C11H12N2S2/c12-5-8-3-1-2-4-9(8)11-10(6-14)15-7-13-11/h1-4,7,14H,5-6,12H2. The fraction of sp³-hybridized carbons (Fsp3) is 0.182. The fourth-order valence-corrected chi connectivity index (χ4v) is 2.54. The first-order valence-electron chi connectivity index (χ1n) is 4.68. The lowest BCUT2D eigenvalue weighted by atomic mass is 10.0. The number of nitrogens with two attached hydrogens (primary N) is 1. The van der Waals surface area contributed by atoms with Crippen LogP contribution in [0.2, 0.25) is 0 Å². The molecule has 0 aliphatic carbocycles. The molecule has 1 aromatic carbocycles. The first-order chi connectivity index (χ1) is 7.36. The Labute approximate surface area is 98.6 Å². The number of hydrogen-bond donors (Lipinski definition) is 2. The normalized spacial score (nSPS) is 10.5. The molecule has 0 bridgehead atoms. The summed E-state index contributed by atoms with van der Waals surface area (Å²) < 4.78 is 0. The maximum atomic E-state index is 5.70. The summed E-state index contributed by atoms with van der Waals surface area (Å²) in [6, 6.07) is 8.11. The average Bonchev–Trinajstić information content (AvgIpc) is 2.76. The molecule has 0 aliphatic rings. The topological polar surface area (TPSA) is 38.9 Å². The molecule has 2 aromatic rings. The van der Waals surface area contributed by atoms with E-state index in [4.69, 9.17) is 5.73 Å². The van der Waals surface area contributed by atoms with Crippen LogP contribution in [0.5, 0.6) is 0 Å². The maximum Gasteiger partial charge on any atom is 0.0854 e. The van der Waals surface area contributed by atoms with Crippen LogP contribution in [0.15, 0.2) is 29.8 Å². The molecule has 0 radical (unpaired) electrons. The van der Waals surface area contributed by atoms with Gasteiger partial charge in [0.1, 0.15) is 0 Å². The van der Waals surface area contributed by atoms with Crippen LogP contribution in [-0.4, -0.2) is 4.98 Å². The largest absolute Gasteiger partial charge is 0.326 e. The van der Waals surface area contributed by atoms with Crippen molar-refractivity contribution in [3.05, 3.63) is 40.2 Å². The van der Waals surface area contributed by atoms with Gasteiger partial charge in [-0.25, -0.2) is 4.98 Å². The monoisotopic (exact) mass is 236 g/mol. The van der Waals surface area contributed by atoms with Gasteiger partial charge in [-0.3, -0.25) is 0 Å². The quantitative estimate of drug-likeness (QED) is 0.804. The van der Waals surface area contributed by atoms with Crippen molar-refractivity contribution in [2.45, 2.75) is 12.3 Å². The van der Waals surface area contributed by atoms with Gasteiger partial charge in [-0.15, -0.1) is 11.3 Å². The Morgan fingerprint density at radius 3 is 2.87 bits per heavy atom. The van der Waals surface area contributed by atoms with E-state index in [0.29, 0.717) is 6.54 Å². The number of thiazole rings is 1. The van der Waals surface area contributed by atoms with Crippen molar-refractivity contribution in [1.29, 1.82) is 0 Å². The minimum atomic E-state index is 0.541. The van der Waals surface area contributed by atoms with Gasteiger partial charge in [0.05, 0.1) is 11.2 Å². The number of thiol groups is 1. The molecule has 78 valence electrons. The van der Waals surface area contributed by atoms with Gasteiger partial charge in [0.2, 0.25) is 0 Å². The molecule has 0 saturated heterocycles. The van der Waals surface area contributed by atoms with Crippen LogP contribution in [0.3, 0.4) is 0 Å². The summed E-state index contributed by atoms with van der Waals surface area (Å²) in [5, 5.41) is 0. The lowest BCUT2D eigenvalue weighted by Crippen LogP contribution is -1.99. The molecule has 4 heteroatoms. The lowest BCUT2D eigenvalue weighted by Gasteiger charge is -2.06. The van der Waals surface area contributed by atoms with Crippen molar-refractivity contribution in [3.63, 3.8) is 0 Å². The van der Waals surface area contributed by atoms with Gasteiger partial charge < -0.3 is 5.73 Å². The van der Waals surface area contributed by atoms with Gasteiger partial charge >= 0.3 is 0 Å². The van der Waals surface area contributed by atoms with Crippen molar-refractivity contribution < 1.29 is 0 Å². The van der Waals surface area contributed by atoms with Crippen molar-refractivity contribution in [2.24, 2.45) is 5.73 Å². The predicted octanol–water partition coefficient (Wildman–Crippen LogP) is 2.70. The Kier molecular flexibility index (Phi) is 3.41. The second kappa shape index (κ2) is 4.79. The molecule has 0 unspecified atom stereocenters. The summed E-state index contributed by atoms with van der Waals surface area (Å²) in [6.45, 7) is 0.541. The smallest absolute Gasteiger partial charge is 0.0854 e. The Morgan fingerprint density at radius 1 is 1.33 bits per heavy atom. The van der Waals surface area contributed by atoms with Crippen LogP contribution in [0.25, 0.3) is 11.3 Å². The van der Waals surface area contributed by atoms with Crippen LogP contribution in [-0.2, 0) is 12.3 Å². The highest BCUT2D eigenvalue weighted by Crippen LogP contribution is 2.29. The second-order valence-corrected chi connectivity index (χ2v) is 4.40. The molecule has 15 heavy (non-hydrogen) atoms. The molecular weight excluding hydrogens is 224 g/mol. The van der Waals surface area contributed by atoms with Gasteiger partial charge in [-0.1, -0.05) is 24.3 Å². The number of aromatic nitrogens is 1. The lowest BCUT2D eigenvalue weighted by molar-refractivity contribution is 1.07. The number of benzene rings is 1. The Bertz CT molecular complexity index is 451. The summed E-state index contributed by atoms with van der Waals surface area (Å²) in [5.41, 5.74) is 10.8. The first kappa shape index (κ1) is 10.7. The molecule has 2 N–H and O–H groups in total.